The minimum Gasteiger partial charge on any atom is -0.0616 e. The van der Waals surface area contributed by atoms with Gasteiger partial charge in [-0.1, -0.05) is 66.7 Å². The Bertz CT molecular complexity index is 1350. The van der Waals surface area contributed by atoms with Gasteiger partial charge in [-0.25, -0.2) is 0 Å². The molecular formula is C24H13Br. The van der Waals surface area contributed by atoms with Crippen molar-refractivity contribution in [2.24, 2.45) is 0 Å². The van der Waals surface area contributed by atoms with Gasteiger partial charge in [-0.15, -0.1) is 0 Å². The summed E-state index contributed by atoms with van der Waals surface area (Å²) < 4.78 is 1.19. The van der Waals surface area contributed by atoms with Crippen molar-refractivity contribution in [2.75, 3.05) is 0 Å². The van der Waals surface area contributed by atoms with Crippen molar-refractivity contribution >= 4 is 48.2 Å². The second kappa shape index (κ2) is 4.71. The summed E-state index contributed by atoms with van der Waals surface area (Å²) in [5, 5.41) is 7.88. The Kier molecular flexibility index (Phi) is 2.57. The third-order valence-electron chi connectivity index (χ3n) is 5.44. The molecule has 0 saturated carbocycles. The average Bonchev–Trinajstić information content (AvgIpc) is 2.99. The van der Waals surface area contributed by atoms with E-state index in [-0.39, 0.29) is 0 Å². The summed E-state index contributed by atoms with van der Waals surface area (Å²) in [5.41, 5.74) is 5.40. The lowest BCUT2D eigenvalue weighted by molar-refractivity contribution is 1.70. The van der Waals surface area contributed by atoms with Crippen molar-refractivity contribution in [1.29, 1.82) is 0 Å². The van der Waals surface area contributed by atoms with Gasteiger partial charge >= 0.3 is 0 Å². The highest BCUT2D eigenvalue weighted by molar-refractivity contribution is 9.10. The molecule has 0 saturated heterocycles. The van der Waals surface area contributed by atoms with Crippen LogP contribution in [0.2, 0.25) is 0 Å². The van der Waals surface area contributed by atoms with E-state index in [1.807, 2.05) is 0 Å². The number of halogens is 1. The summed E-state index contributed by atoms with van der Waals surface area (Å²) in [6.07, 6.45) is 0. The van der Waals surface area contributed by atoms with Gasteiger partial charge < -0.3 is 0 Å². The highest BCUT2D eigenvalue weighted by Gasteiger charge is 2.22. The van der Waals surface area contributed by atoms with E-state index in [0.29, 0.717) is 0 Å². The quantitative estimate of drug-likeness (QED) is 0.188. The fraction of sp³-hybridized carbons (Fsp3) is 0. The minimum atomic E-state index is 1.19. The number of rotatable bonds is 0. The molecule has 6 rings (SSSR count). The number of hydrogen-bond donors (Lipinski definition) is 0. The third kappa shape index (κ3) is 1.66. The lowest BCUT2D eigenvalue weighted by atomic mass is 9.94. The Morgan fingerprint density at radius 2 is 1.16 bits per heavy atom. The van der Waals surface area contributed by atoms with Crippen molar-refractivity contribution in [1.82, 2.24) is 0 Å². The minimum absolute atomic E-state index is 1.19. The molecule has 0 nitrogen and oxygen atoms in total. The average molecular weight is 381 g/mol. The highest BCUT2D eigenvalue weighted by atomic mass is 79.9. The van der Waals surface area contributed by atoms with E-state index < -0.39 is 0 Å². The molecule has 0 spiro atoms. The first-order valence-corrected chi connectivity index (χ1v) is 9.29. The van der Waals surface area contributed by atoms with Gasteiger partial charge in [0.15, 0.2) is 0 Å². The smallest absolute Gasteiger partial charge is 0.0332 e. The molecule has 1 heteroatoms. The van der Waals surface area contributed by atoms with E-state index >= 15 is 0 Å². The first-order valence-electron chi connectivity index (χ1n) is 8.49. The van der Waals surface area contributed by atoms with Crippen LogP contribution in [-0.2, 0) is 0 Å². The Morgan fingerprint density at radius 1 is 0.480 bits per heavy atom. The van der Waals surface area contributed by atoms with Crippen LogP contribution < -0.4 is 0 Å². The second-order valence-corrected chi connectivity index (χ2v) is 7.50. The van der Waals surface area contributed by atoms with Gasteiger partial charge in [0.1, 0.15) is 0 Å². The first kappa shape index (κ1) is 13.6. The number of benzene rings is 5. The SMILES string of the molecule is Brc1c2ccccc2cc2c1cc1c3c(cccc32)-c2ccccc2-1. The zero-order valence-electron chi connectivity index (χ0n) is 13.4. The maximum Gasteiger partial charge on any atom is 0.0332 e. The molecule has 1 aliphatic carbocycles. The summed E-state index contributed by atoms with van der Waals surface area (Å²) in [6, 6.07) is 28.7. The van der Waals surface area contributed by atoms with E-state index in [9.17, 15) is 0 Å². The lowest BCUT2D eigenvalue weighted by Crippen LogP contribution is -1.84. The van der Waals surface area contributed by atoms with E-state index in [4.69, 9.17) is 0 Å². The van der Waals surface area contributed by atoms with Crippen LogP contribution in [0, 0.1) is 0 Å². The number of fused-ring (bicyclic) bond motifs is 6. The van der Waals surface area contributed by atoms with Gasteiger partial charge in [-0.05, 0) is 82.6 Å². The van der Waals surface area contributed by atoms with Crippen molar-refractivity contribution in [3.8, 4) is 22.3 Å². The zero-order chi connectivity index (χ0) is 16.5. The molecule has 5 aromatic rings. The summed E-state index contributed by atoms with van der Waals surface area (Å²) in [6.45, 7) is 0. The zero-order valence-corrected chi connectivity index (χ0v) is 15.0. The normalized spacial score (nSPS) is 12.2. The van der Waals surface area contributed by atoms with Crippen LogP contribution >= 0.6 is 15.9 Å². The molecule has 0 aliphatic heterocycles. The van der Waals surface area contributed by atoms with Gasteiger partial charge in [0.25, 0.3) is 0 Å². The van der Waals surface area contributed by atoms with Gasteiger partial charge in [-0.3, -0.25) is 0 Å². The fourth-order valence-electron chi connectivity index (χ4n) is 4.36. The highest BCUT2D eigenvalue weighted by Crippen LogP contribution is 2.50. The molecular weight excluding hydrogens is 368 g/mol. The molecule has 25 heavy (non-hydrogen) atoms. The largest absolute Gasteiger partial charge is 0.0616 e. The van der Waals surface area contributed by atoms with Crippen molar-refractivity contribution in [3.05, 3.63) is 83.3 Å². The molecule has 5 aromatic carbocycles. The van der Waals surface area contributed by atoms with Crippen LogP contribution in [0.3, 0.4) is 0 Å². The van der Waals surface area contributed by atoms with E-state index in [1.54, 1.807) is 0 Å². The number of hydrogen-bond acceptors (Lipinski definition) is 0. The molecule has 0 unspecified atom stereocenters. The molecule has 0 bridgehead atoms. The molecule has 0 aromatic heterocycles. The van der Waals surface area contributed by atoms with Crippen molar-refractivity contribution in [2.45, 2.75) is 0 Å². The molecule has 0 fully saturated rings. The fourth-order valence-corrected chi connectivity index (χ4v) is 5.05. The lowest BCUT2D eigenvalue weighted by Gasteiger charge is -2.11. The van der Waals surface area contributed by atoms with Gasteiger partial charge in [0, 0.05) is 4.47 Å². The molecule has 0 heterocycles. The van der Waals surface area contributed by atoms with Crippen molar-refractivity contribution < 1.29 is 0 Å². The standard InChI is InChI=1S/C24H13Br/c25-24-15-7-2-1-6-14(15)12-20-19-11-5-10-18-16-8-3-4-9-17(16)21(23(18)19)13-22(20)24/h1-13H. The van der Waals surface area contributed by atoms with Crippen LogP contribution in [0.5, 0.6) is 0 Å². The van der Waals surface area contributed by atoms with Crippen molar-refractivity contribution in [3.63, 3.8) is 0 Å². The maximum absolute atomic E-state index is 3.89. The summed E-state index contributed by atoms with van der Waals surface area (Å²) in [4.78, 5) is 0. The van der Waals surface area contributed by atoms with E-state index in [1.165, 1.54) is 59.0 Å². The molecule has 0 radical (unpaired) electrons. The Labute approximate surface area is 153 Å². The third-order valence-corrected chi connectivity index (χ3v) is 6.30. The topological polar surface area (TPSA) is 0 Å². The first-order chi connectivity index (χ1) is 12.3. The monoisotopic (exact) mass is 380 g/mol. The Balaban J connectivity index is 1.92. The van der Waals surface area contributed by atoms with Crippen LogP contribution in [0.4, 0.5) is 0 Å². The second-order valence-electron chi connectivity index (χ2n) is 6.70. The van der Waals surface area contributed by atoms with Gasteiger partial charge in [0.05, 0.1) is 0 Å². The van der Waals surface area contributed by atoms with Crippen LogP contribution in [-0.4, -0.2) is 0 Å². The van der Waals surface area contributed by atoms with Crippen LogP contribution in [0.15, 0.2) is 83.3 Å². The molecule has 116 valence electrons. The predicted molar refractivity (Wildman–Crippen MR) is 111 cm³/mol. The van der Waals surface area contributed by atoms with Gasteiger partial charge in [-0.2, -0.15) is 0 Å². The van der Waals surface area contributed by atoms with E-state index in [0.717, 1.165) is 0 Å². The van der Waals surface area contributed by atoms with Gasteiger partial charge in [0.2, 0.25) is 0 Å². The molecule has 0 N–H and O–H groups in total. The molecule has 1 aliphatic rings. The Hall–Kier alpha value is -2.64. The Morgan fingerprint density at radius 3 is 2.04 bits per heavy atom. The summed E-state index contributed by atoms with van der Waals surface area (Å²) in [5.74, 6) is 0. The molecule has 0 amide bonds. The maximum atomic E-state index is 3.89. The summed E-state index contributed by atoms with van der Waals surface area (Å²) >= 11 is 3.89. The predicted octanol–water partition coefficient (Wildman–Crippen LogP) is 7.56. The van der Waals surface area contributed by atoms with Crippen LogP contribution in [0.25, 0.3) is 54.6 Å². The van der Waals surface area contributed by atoms with Crippen LogP contribution in [0.1, 0.15) is 0 Å². The summed E-state index contributed by atoms with van der Waals surface area (Å²) in [7, 11) is 0. The molecule has 0 atom stereocenters. The van der Waals surface area contributed by atoms with E-state index in [2.05, 4.69) is 94.8 Å².